The second-order valence-corrected chi connectivity index (χ2v) is 10.2. The molecule has 0 aliphatic carbocycles. The Balaban J connectivity index is 1.91. The number of nitrogens with zero attached hydrogens (tertiary/aromatic N) is 3. The van der Waals surface area contributed by atoms with Crippen molar-refractivity contribution in [2.45, 2.75) is 52.0 Å². The Morgan fingerprint density at radius 3 is 2.73 bits per heavy atom. The van der Waals surface area contributed by atoms with Gasteiger partial charge in [-0.15, -0.1) is 0 Å². The van der Waals surface area contributed by atoms with E-state index in [0.717, 1.165) is 5.56 Å². The average molecular weight is 510 g/mol. The van der Waals surface area contributed by atoms with Crippen molar-refractivity contribution in [3.05, 3.63) is 58.8 Å². The molecule has 0 saturated heterocycles. The van der Waals surface area contributed by atoms with Crippen LogP contribution < -0.4 is 4.74 Å². The van der Waals surface area contributed by atoms with E-state index in [2.05, 4.69) is 16.8 Å². The molecule has 0 unspecified atom stereocenters. The van der Waals surface area contributed by atoms with Gasteiger partial charge in [0.25, 0.3) is 5.91 Å². The van der Waals surface area contributed by atoms with Gasteiger partial charge < -0.3 is 25.0 Å². The molecule has 0 radical (unpaired) electrons. The van der Waals surface area contributed by atoms with Crippen LogP contribution in [0.2, 0.25) is 0 Å². The maximum Gasteiger partial charge on any atom is 0.335 e. The van der Waals surface area contributed by atoms with Crippen LogP contribution in [0.4, 0.5) is 0 Å². The molecule has 1 amide bonds. The first-order valence-corrected chi connectivity index (χ1v) is 12.2. The number of hydrogen-bond donors (Lipinski definition) is 3. The molecular weight excluding hydrogens is 474 g/mol. The van der Waals surface area contributed by atoms with Crippen molar-refractivity contribution < 1.29 is 29.6 Å². The molecule has 3 N–H and O–H groups in total. The first kappa shape index (κ1) is 28.1. The number of hydrogen-bond acceptors (Lipinski definition) is 7. The van der Waals surface area contributed by atoms with Crippen LogP contribution in [0.15, 0.2) is 36.5 Å². The Morgan fingerprint density at radius 1 is 1.35 bits per heavy atom. The molecule has 9 heteroatoms. The van der Waals surface area contributed by atoms with E-state index in [-0.39, 0.29) is 41.5 Å². The summed E-state index contributed by atoms with van der Waals surface area (Å²) in [5.74, 6) is 4.40. The van der Waals surface area contributed by atoms with E-state index in [9.17, 15) is 24.9 Å². The maximum atomic E-state index is 13.5. The topological polar surface area (TPSA) is 123 Å². The minimum Gasteiger partial charge on any atom is -0.478 e. The van der Waals surface area contributed by atoms with E-state index in [0.29, 0.717) is 25.2 Å². The Labute approximate surface area is 217 Å². The molecule has 0 spiro atoms. The number of pyridine rings is 1. The molecule has 2 aromatic rings. The number of benzene rings is 1. The Morgan fingerprint density at radius 2 is 2.08 bits per heavy atom. The quantitative estimate of drug-likeness (QED) is 0.486. The number of carbonyl (C=O) groups is 2. The van der Waals surface area contributed by atoms with E-state index >= 15 is 0 Å². The van der Waals surface area contributed by atoms with E-state index in [1.54, 1.807) is 49.9 Å². The van der Waals surface area contributed by atoms with Crippen LogP contribution >= 0.6 is 0 Å². The Hall–Kier alpha value is -3.45. The normalized spacial score (nSPS) is 18.7. The summed E-state index contributed by atoms with van der Waals surface area (Å²) in [5.41, 5.74) is 0.610. The van der Waals surface area contributed by atoms with Crippen LogP contribution in [0, 0.1) is 17.8 Å². The summed E-state index contributed by atoms with van der Waals surface area (Å²) in [6.07, 6.45) is 1.17. The number of amides is 1. The fraction of sp³-hybridized carbons (Fsp3) is 0.464. The first-order valence-electron chi connectivity index (χ1n) is 12.2. The van der Waals surface area contributed by atoms with Crippen LogP contribution in [-0.2, 0) is 6.54 Å². The van der Waals surface area contributed by atoms with Crippen molar-refractivity contribution in [1.29, 1.82) is 0 Å². The second kappa shape index (κ2) is 11.7. The van der Waals surface area contributed by atoms with Crippen LogP contribution in [0.1, 0.15) is 59.5 Å². The molecule has 0 saturated carbocycles. The molecule has 37 heavy (non-hydrogen) atoms. The van der Waals surface area contributed by atoms with Gasteiger partial charge in [0.1, 0.15) is 17.3 Å². The number of aliphatic hydroxyl groups is 2. The molecule has 3 atom stereocenters. The first-order chi connectivity index (χ1) is 17.4. The highest BCUT2D eigenvalue weighted by Crippen LogP contribution is 2.27. The average Bonchev–Trinajstić information content (AvgIpc) is 2.84. The van der Waals surface area contributed by atoms with Gasteiger partial charge >= 0.3 is 5.97 Å². The largest absolute Gasteiger partial charge is 0.478 e. The van der Waals surface area contributed by atoms with Crippen molar-refractivity contribution in [2.75, 3.05) is 26.7 Å². The van der Waals surface area contributed by atoms with E-state index < -0.39 is 17.6 Å². The second-order valence-electron chi connectivity index (χ2n) is 10.2. The monoisotopic (exact) mass is 509 g/mol. The summed E-state index contributed by atoms with van der Waals surface area (Å²) in [5, 5.41) is 29.0. The maximum absolute atomic E-state index is 13.5. The number of aliphatic hydroxyl groups excluding tert-OH is 1. The molecule has 0 bridgehead atoms. The van der Waals surface area contributed by atoms with Crippen LogP contribution in [0.5, 0.6) is 5.88 Å². The van der Waals surface area contributed by atoms with Gasteiger partial charge in [-0.1, -0.05) is 30.9 Å². The zero-order valence-corrected chi connectivity index (χ0v) is 21.9. The van der Waals surface area contributed by atoms with Crippen molar-refractivity contribution >= 4 is 11.9 Å². The van der Waals surface area contributed by atoms with E-state index in [4.69, 9.17) is 4.74 Å². The number of aromatic carboxylic acids is 1. The summed E-state index contributed by atoms with van der Waals surface area (Å²) in [4.78, 5) is 32.9. The van der Waals surface area contributed by atoms with Gasteiger partial charge in [0.05, 0.1) is 18.2 Å². The van der Waals surface area contributed by atoms with Crippen molar-refractivity contribution in [3.63, 3.8) is 0 Å². The Kier molecular flexibility index (Phi) is 8.92. The predicted octanol–water partition coefficient (Wildman–Crippen LogP) is 2.25. The molecular formula is C28H35N3O6. The third-order valence-corrected chi connectivity index (χ3v) is 6.15. The summed E-state index contributed by atoms with van der Waals surface area (Å²) >= 11 is 0. The van der Waals surface area contributed by atoms with Crippen molar-refractivity contribution in [3.8, 4) is 17.7 Å². The minimum atomic E-state index is -1.20. The minimum absolute atomic E-state index is 0.0876. The van der Waals surface area contributed by atoms with Gasteiger partial charge in [-0.25, -0.2) is 9.78 Å². The molecule has 9 nitrogen and oxygen atoms in total. The lowest BCUT2D eigenvalue weighted by Crippen LogP contribution is -2.49. The van der Waals surface area contributed by atoms with Gasteiger partial charge in [0.15, 0.2) is 0 Å². The number of carboxylic acid groups (broad SMARTS) is 1. The number of ether oxygens (including phenoxy) is 1. The third kappa shape index (κ3) is 7.52. The highest BCUT2D eigenvalue weighted by molar-refractivity contribution is 5.97. The van der Waals surface area contributed by atoms with Gasteiger partial charge in [-0.05, 0) is 51.6 Å². The lowest BCUT2D eigenvalue weighted by molar-refractivity contribution is 0.0324. The van der Waals surface area contributed by atoms with Crippen molar-refractivity contribution in [2.24, 2.45) is 5.92 Å². The number of likely N-dealkylation sites (N-methyl/N-ethyl adjacent to an activating group) is 1. The molecule has 1 aliphatic rings. The van der Waals surface area contributed by atoms with Gasteiger partial charge in [-0.3, -0.25) is 9.69 Å². The van der Waals surface area contributed by atoms with E-state index in [1.807, 2.05) is 24.9 Å². The highest BCUT2D eigenvalue weighted by atomic mass is 16.5. The van der Waals surface area contributed by atoms with Crippen LogP contribution in [-0.4, -0.2) is 86.5 Å². The molecule has 1 aromatic heterocycles. The molecule has 198 valence electrons. The summed E-state index contributed by atoms with van der Waals surface area (Å²) in [6, 6.07) is 8.00. The summed E-state index contributed by atoms with van der Waals surface area (Å²) < 4.78 is 6.30. The standard InChI is InChI=1S/C28H35N3O6/c1-18-14-31(19(2)17-32)26(33)23-12-20(9-10-28(3,4)36)13-29-25(23)37-24(18)16-30(5)15-21-7-6-8-22(11-21)27(34)35/h6-8,11-13,18-19,24,32,36H,14-17H2,1-5H3,(H,34,35)/t18-,19-,24+/m1/s1. The predicted molar refractivity (Wildman–Crippen MR) is 138 cm³/mol. The number of fused-ring (bicyclic) bond motifs is 1. The van der Waals surface area contributed by atoms with Gasteiger partial charge in [0, 0.05) is 37.3 Å². The lowest BCUT2D eigenvalue weighted by atomic mass is 9.99. The smallest absolute Gasteiger partial charge is 0.335 e. The number of aromatic nitrogens is 1. The Bertz CT molecular complexity index is 1200. The van der Waals surface area contributed by atoms with Crippen molar-refractivity contribution in [1.82, 2.24) is 14.8 Å². The van der Waals surface area contributed by atoms with Crippen LogP contribution in [0.25, 0.3) is 0 Å². The number of carboxylic acids is 1. The van der Waals surface area contributed by atoms with Crippen LogP contribution in [0.3, 0.4) is 0 Å². The SMILES string of the molecule is C[C@@H]1CN([C@H](C)CO)C(=O)c2cc(C#CC(C)(C)O)cnc2O[C@H]1CN(C)Cc1cccc(C(=O)O)c1. The molecule has 1 aromatic carbocycles. The fourth-order valence-electron chi connectivity index (χ4n) is 4.10. The number of rotatable bonds is 7. The molecule has 3 rings (SSSR count). The highest BCUT2D eigenvalue weighted by Gasteiger charge is 2.34. The zero-order chi connectivity index (χ0) is 27.3. The van der Waals surface area contributed by atoms with Gasteiger partial charge in [-0.2, -0.15) is 0 Å². The number of carbonyl (C=O) groups excluding carboxylic acids is 1. The zero-order valence-electron chi connectivity index (χ0n) is 21.9. The van der Waals surface area contributed by atoms with Gasteiger partial charge in [0.2, 0.25) is 5.88 Å². The fourth-order valence-corrected chi connectivity index (χ4v) is 4.10. The lowest BCUT2D eigenvalue weighted by Gasteiger charge is -2.37. The summed E-state index contributed by atoms with van der Waals surface area (Å²) in [7, 11) is 1.92. The molecule has 2 heterocycles. The third-order valence-electron chi connectivity index (χ3n) is 6.15. The molecule has 1 aliphatic heterocycles. The molecule has 0 fully saturated rings. The summed E-state index contributed by atoms with van der Waals surface area (Å²) in [6.45, 7) is 8.10. The van der Waals surface area contributed by atoms with E-state index in [1.165, 1.54) is 6.20 Å².